The first-order chi connectivity index (χ1) is 17.3. The number of hydrogen-bond donors (Lipinski definition) is 2. The minimum Gasteiger partial charge on any atom is -0.493 e. The van der Waals surface area contributed by atoms with E-state index in [4.69, 9.17) is 21.1 Å². The average Bonchev–Trinajstić information content (AvgIpc) is 2.84. The highest BCUT2D eigenvalue weighted by molar-refractivity contribution is 8.00. The van der Waals surface area contributed by atoms with Crippen LogP contribution < -0.4 is 19.5 Å². The summed E-state index contributed by atoms with van der Waals surface area (Å²) in [5.41, 5.74) is -1.11. The van der Waals surface area contributed by atoms with Crippen LogP contribution in [0, 0.1) is 0 Å². The molecular weight excluding hydrogens is 553 g/mol. The second-order valence-corrected chi connectivity index (χ2v) is 11.1. The minimum absolute atomic E-state index is 0.207. The lowest BCUT2D eigenvalue weighted by Gasteiger charge is -2.15. The third-order valence-electron chi connectivity index (χ3n) is 4.99. The molecule has 37 heavy (non-hydrogen) atoms. The van der Waals surface area contributed by atoms with Gasteiger partial charge in [0.25, 0.3) is 10.0 Å². The summed E-state index contributed by atoms with van der Waals surface area (Å²) in [5, 5.41) is 1.65. The van der Waals surface area contributed by atoms with Gasteiger partial charge in [-0.15, -0.1) is 11.8 Å². The first-order valence-electron chi connectivity index (χ1n) is 10.5. The van der Waals surface area contributed by atoms with Gasteiger partial charge in [-0.1, -0.05) is 11.6 Å². The van der Waals surface area contributed by atoms with Crippen molar-refractivity contribution in [1.29, 1.82) is 0 Å². The van der Waals surface area contributed by atoms with Crippen molar-refractivity contribution in [2.45, 2.75) is 28.1 Å². The molecule has 0 saturated carbocycles. The zero-order valence-corrected chi connectivity index (χ0v) is 22.1. The van der Waals surface area contributed by atoms with Crippen LogP contribution in [0.15, 0.2) is 70.5 Å². The Kier molecular flexibility index (Phi) is 8.88. The molecule has 1 amide bonds. The van der Waals surface area contributed by atoms with E-state index in [0.29, 0.717) is 23.3 Å². The molecule has 1 unspecified atom stereocenters. The number of rotatable bonds is 9. The molecule has 0 aliphatic heterocycles. The van der Waals surface area contributed by atoms with E-state index >= 15 is 0 Å². The maximum absolute atomic E-state index is 13.1. The van der Waals surface area contributed by atoms with Gasteiger partial charge in [-0.25, -0.2) is 8.42 Å². The lowest BCUT2D eigenvalue weighted by atomic mass is 10.2. The minimum atomic E-state index is -4.74. The molecular formula is C24H22ClF3N2O5S2. The molecule has 7 nitrogen and oxygen atoms in total. The van der Waals surface area contributed by atoms with Crippen molar-refractivity contribution in [2.75, 3.05) is 24.3 Å². The largest absolute Gasteiger partial charge is 0.493 e. The standard InChI is InChI=1S/C24H22ClF3N2O5S2/c1-14(36-17-7-11-21(34-2)22(13-17)35-3)23(31)29-15-4-8-18(9-5-15)37(32,33)30-16-6-10-20(25)19(12-16)24(26,27)28/h4-14,30H,1-3H3,(H,29,31). The number of methoxy groups -OCH3 is 2. The second kappa shape index (κ2) is 11.5. The Morgan fingerprint density at radius 1 is 0.946 bits per heavy atom. The molecule has 0 aromatic heterocycles. The van der Waals surface area contributed by atoms with Crippen LogP contribution >= 0.6 is 23.4 Å². The number of benzene rings is 3. The Labute approximate surface area is 221 Å². The number of anilines is 2. The Morgan fingerprint density at radius 2 is 1.57 bits per heavy atom. The van der Waals surface area contributed by atoms with E-state index in [-0.39, 0.29) is 16.5 Å². The number of alkyl halides is 3. The van der Waals surface area contributed by atoms with E-state index in [1.54, 1.807) is 25.1 Å². The Balaban J connectivity index is 1.67. The van der Waals surface area contributed by atoms with Crippen molar-refractivity contribution < 1.29 is 35.9 Å². The van der Waals surface area contributed by atoms with Crippen molar-refractivity contribution in [1.82, 2.24) is 0 Å². The molecule has 3 rings (SSSR count). The molecule has 13 heteroatoms. The van der Waals surface area contributed by atoms with Crippen molar-refractivity contribution >= 4 is 50.7 Å². The lowest BCUT2D eigenvalue weighted by Crippen LogP contribution is -2.22. The van der Waals surface area contributed by atoms with Gasteiger partial charge in [0, 0.05) is 16.3 Å². The predicted octanol–water partition coefficient (Wildman–Crippen LogP) is 6.30. The topological polar surface area (TPSA) is 93.7 Å². The van der Waals surface area contributed by atoms with Crippen LogP contribution in [-0.4, -0.2) is 33.8 Å². The molecule has 0 aliphatic rings. The van der Waals surface area contributed by atoms with E-state index in [9.17, 15) is 26.4 Å². The first kappa shape index (κ1) is 28.5. The van der Waals surface area contributed by atoms with Crippen LogP contribution in [0.25, 0.3) is 0 Å². The molecule has 1 atom stereocenters. The number of ether oxygens (including phenoxy) is 2. The van der Waals surface area contributed by atoms with Crippen molar-refractivity contribution in [3.05, 3.63) is 71.2 Å². The van der Waals surface area contributed by atoms with Gasteiger partial charge in [-0.3, -0.25) is 9.52 Å². The molecule has 3 aromatic carbocycles. The highest BCUT2D eigenvalue weighted by Gasteiger charge is 2.33. The summed E-state index contributed by atoms with van der Waals surface area (Å²) >= 11 is 6.87. The Bertz CT molecular complexity index is 1380. The van der Waals surface area contributed by atoms with Crippen molar-refractivity contribution in [3.8, 4) is 11.5 Å². The molecule has 0 radical (unpaired) electrons. The summed E-state index contributed by atoms with van der Waals surface area (Å²) in [4.78, 5) is 13.2. The molecule has 0 aliphatic carbocycles. The zero-order valence-electron chi connectivity index (χ0n) is 19.7. The number of carbonyl (C=O) groups is 1. The van der Waals surface area contributed by atoms with Crippen LogP contribution in [0.1, 0.15) is 12.5 Å². The molecule has 0 saturated heterocycles. The predicted molar refractivity (Wildman–Crippen MR) is 137 cm³/mol. The fraction of sp³-hybridized carbons (Fsp3) is 0.208. The van der Waals surface area contributed by atoms with Crippen molar-refractivity contribution in [3.63, 3.8) is 0 Å². The number of thioether (sulfide) groups is 1. The summed E-state index contributed by atoms with van der Waals surface area (Å²) in [6.45, 7) is 1.71. The van der Waals surface area contributed by atoms with Gasteiger partial charge in [-0.2, -0.15) is 13.2 Å². The summed E-state index contributed by atoms with van der Waals surface area (Å²) < 4.78 is 77.1. The smallest absolute Gasteiger partial charge is 0.417 e. The first-order valence-corrected chi connectivity index (χ1v) is 13.3. The van der Waals surface area contributed by atoms with E-state index in [2.05, 4.69) is 10.0 Å². The number of amides is 1. The highest BCUT2D eigenvalue weighted by atomic mass is 35.5. The van der Waals surface area contributed by atoms with Gasteiger partial charge in [0.15, 0.2) is 11.5 Å². The van der Waals surface area contributed by atoms with Gasteiger partial charge in [-0.05, 0) is 67.6 Å². The molecule has 0 spiro atoms. The molecule has 0 bridgehead atoms. The number of hydrogen-bond acceptors (Lipinski definition) is 6. The van der Waals surface area contributed by atoms with Crippen LogP contribution in [0.4, 0.5) is 24.5 Å². The van der Waals surface area contributed by atoms with Crippen LogP contribution in [0.2, 0.25) is 5.02 Å². The normalized spacial score (nSPS) is 12.5. The summed E-state index contributed by atoms with van der Waals surface area (Å²) in [6.07, 6.45) is -4.74. The molecule has 0 fully saturated rings. The van der Waals surface area contributed by atoms with Gasteiger partial charge >= 0.3 is 6.18 Å². The van der Waals surface area contributed by atoms with E-state index in [1.807, 2.05) is 0 Å². The SMILES string of the molecule is COc1ccc(SC(C)C(=O)Nc2ccc(S(=O)(=O)Nc3ccc(Cl)c(C(F)(F)F)c3)cc2)cc1OC. The maximum atomic E-state index is 13.1. The number of carbonyl (C=O) groups excluding carboxylic acids is 1. The average molecular weight is 575 g/mol. The fourth-order valence-corrected chi connectivity index (χ4v) is 5.30. The summed E-state index contributed by atoms with van der Waals surface area (Å²) in [5.74, 6) is 0.762. The highest BCUT2D eigenvalue weighted by Crippen LogP contribution is 2.37. The summed E-state index contributed by atoms with van der Waals surface area (Å²) in [7, 11) is -1.17. The van der Waals surface area contributed by atoms with Gasteiger partial charge in [0.2, 0.25) is 5.91 Å². The Hall–Kier alpha value is -3.09. The Morgan fingerprint density at radius 3 is 2.16 bits per heavy atom. The monoisotopic (exact) mass is 574 g/mol. The molecule has 198 valence electrons. The maximum Gasteiger partial charge on any atom is 0.417 e. The fourth-order valence-electron chi connectivity index (χ4n) is 3.13. The molecule has 0 heterocycles. The van der Waals surface area contributed by atoms with Crippen LogP contribution in [0.5, 0.6) is 11.5 Å². The van der Waals surface area contributed by atoms with E-state index in [0.717, 1.165) is 17.0 Å². The van der Waals surface area contributed by atoms with Crippen molar-refractivity contribution in [2.24, 2.45) is 0 Å². The molecule has 2 N–H and O–H groups in total. The quantitative estimate of drug-likeness (QED) is 0.292. The zero-order chi connectivity index (χ0) is 27.4. The van der Waals surface area contributed by atoms with Crippen LogP contribution in [0.3, 0.4) is 0 Å². The van der Waals surface area contributed by atoms with Gasteiger partial charge in [0.05, 0.1) is 35.0 Å². The van der Waals surface area contributed by atoms with Gasteiger partial charge < -0.3 is 14.8 Å². The third kappa shape index (κ3) is 7.24. The molecule has 3 aromatic rings. The summed E-state index contributed by atoms with van der Waals surface area (Å²) in [6, 6.07) is 13.2. The van der Waals surface area contributed by atoms with Gasteiger partial charge in [0.1, 0.15) is 0 Å². The second-order valence-electron chi connectivity index (χ2n) is 7.59. The number of sulfonamides is 1. The number of halogens is 4. The van der Waals surface area contributed by atoms with E-state index in [1.165, 1.54) is 50.2 Å². The third-order valence-corrected chi connectivity index (χ3v) is 7.81. The van der Waals surface area contributed by atoms with E-state index < -0.39 is 32.0 Å². The lowest BCUT2D eigenvalue weighted by molar-refractivity contribution is -0.137. The number of nitrogens with one attached hydrogen (secondary N) is 2. The van der Waals surface area contributed by atoms with Crippen LogP contribution in [-0.2, 0) is 21.0 Å².